The molecule has 2 rings (SSSR count). The number of benzene rings is 1. The predicted octanol–water partition coefficient (Wildman–Crippen LogP) is 1.06. The molecule has 0 aliphatic carbocycles. The minimum Gasteiger partial charge on any atom is -0.387 e. The second-order valence-corrected chi connectivity index (χ2v) is 6.10. The van der Waals surface area contributed by atoms with Gasteiger partial charge in [-0.05, 0) is 44.1 Å². The van der Waals surface area contributed by atoms with Crippen molar-refractivity contribution in [3.8, 4) is 0 Å². The van der Waals surface area contributed by atoms with Crippen LogP contribution in [0.5, 0.6) is 0 Å². The van der Waals surface area contributed by atoms with Gasteiger partial charge in [0.05, 0.1) is 6.10 Å². The summed E-state index contributed by atoms with van der Waals surface area (Å²) in [6.07, 6.45) is 0.841. The monoisotopic (exact) mass is 277 g/mol. The van der Waals surface area contributed by atoms with E-state index in [1.54, 1.807) is 0 Å². The molecule has 4 nitrogen and oxygen atoms in total. The van der Waals surface area contributed by atoms with Crippen molar-refractivity contribution in [1.29, 1.82) is 0 Å². The Morgan fingerprint density at radius 2 is 2.10 bits per heavy atom. The molecule has 0 amide bonds. The summed E-state index contributed by atoms with van der Waals surface area (Å²) in [5, 5.41) is 10.3. The van der Waals surface area contributed by atoms with Gasteiger partial charge in [0, 0.05) is 26.2 Å². The summed E-state index contributed by atoms with van der Waals surface area (Å²) >= 11 is 0. The van der Waals surface area contributed by atoms with E-state index in [-0.39, 0.29) is 0 Å². The number of aliphatic hydroxyl groups excluding tert-OH is 1. The summed E-state index contributed by atoms with van der Waals surface area (Å²) in [6.45, 7) is 4.66. The SMILES string of the molecule is CN1CCC(CN(C)CC(O)c2ccc(CN)cc2)C1. The summed E-state index contributed by atoms with van der Waals surface area (Å²) in [5.74, 6) is 0.733. The van der Waals surface area contributed by atoms with E-state index in [1.165, 1.54) is 19.5 Å². The molecule has 2 atom stereocenters. The van der Waals surface area contributed by atoms with Crippen LogP contribution in [0.15, 0.2) is 24.3 Å². The maximum atomic E-state index is 10.3. The third-order valence-corrected chi connectivity index (χ3v) is 4.14. The first-order valence-corrected chi connectivity index (χ1v) is 7.42. The highest BCUT2D eigenvalue weighted by Crippen LogP contribution is 2.18. The largest absolute Gasteiger partial charge is 0.387 e. The van der Waals surface area contributed by atoms with Gasteiger partial charge in [-0.2, -0.15) is 0 Å². The number of rotatable bonds is 6. The molecule has 0 radical (unpaired) electrons. The zero-order chi connectivity index (χ0) is 14.5. The lowest BCUT2D eigenvalue weighted by atomic mass is 10.1. The molecular weight excluding hydrogens is 250 g/mol. The van der Waals surface area contributed by atoms with Crippen LogP contribution in [0, 0.1) is 5.92 Å². The maximum Gasteiger partial charge on any atom is 0.0916 e. The van der Waals surface area contributed by atoms with Crippen molar-refractivity contribution < 1.29 is 5.11 Å². The molecule has 3 N–H and O–H groups in total. The maximum absolute atomic E-state index is 10.3. The third-order valence-electron chi connectivity index (χ3n) is 4.14. The van der Waals surface area contributed by atoms with Gasteiger partial charge in [0.15, 0.2) is 0 Å². The van der Waals surface area contributed by atoms with Crippen LogP contribution in [0.1, 0.15) is 23.7 Å². The van der Waals surface area contributed by atoms with Crippen LogP contribution in [-0.2, 0) is 6.54 Å². The Morgan fingerprint density at radius 1 is 1.40 bits per heavy atom. The normalized spacial score (nSPS) is 21.6. The Morgan fingerprint density at radius 3 is 2.65 bits per heavy atom. The first-order chi connectivity index (χ1) is 9.58. The van der Waals surface area contributed by atoms with E-state index >= 15 is 0 Å². The molecule has 1 aliphatic rings. The number of aliphatic hydroxyl groups is 1. The van der Waals surface area contributed by atoms with Gasteiger partial charge in [-0.1, -0.05) is 24.3 Å². The van der Waals surface area contributed by atoms with Crippen LogP contribution in [0.25, 0.3) is 0 Å². The quantitative estimate of drug-likeness (QED) is 0.816. The van der Waals surface area contributed by atoms with E-state index in [0.29, 0.717) is 13.1 Å². The van der Waals surface area contributed by atoms with Crippen LogP contribution in [0.3, 0.4) is 0 Å². The van der Waals surface area contributed by atoms with Gasteiger partial charge in [-0.3, -0.25) is 0 Å². The summed E-state index contributed by atoms with van der Waals surface area (Å²) in [6, 6.07) is 7.93. The van der Waals surface area contributed by atoms with Crippen LogP contribution in [0.4, 0.5) is 0 Å². The highest BCUT2D eigenvalue weighted by Gasteiger charge is 2.21. The Labute approximate surface area is 122 Å². The zero-order valence-electron chi connectivity index (χ0n) is 12.6. The molecule has 1 fully saturated rings. The lowest BCUT2D eigenvalue weighted by molar-refractivity contribution is 0.119. The van der Waals surface area contributed by atoms with E-state index in [1.807, 2.05) is 24.3 Å². The number of hydrogen-bond donors (Lipinski definition) is 2. The second kappa shape index (κ2) is 7.18. The number of nitrogens with zero attached hydrogens (tertiary/aromatic N) is 2. The summed E-state index contributed by atoms with van der Waals surface area (Å²) in [4.78, 5) is 4.62. The lowest BCUT2D eigenvalue weighted by Gasteiger charge is -2.24. The summed E-state index contributed by atoms with van der Waals surface area (Å²) < 4.78 is 0. The Kier molecular flexibility index (Phi) is 5.54. The minimum atomic E-state index is -0.425. The highest BCUT2D eigenvalue weighted by molar-refractivity contribution is 5.24. The molecule has 0 saturated carbocycles. The van der Waals surface area contributed by atoms with E-state index in [2.05, 4.69) is 23.9 Å². The molecular formula is C16H27N3O. The smallest absolute Gasteiger partial charge is 0.0916 e. The molecule has 1 aliphatic heterocycles. The molecule has 2 unspecified atom stereocenters. The van der Waals surface area contributed by atoms with Gasteiger partial charge >= 0.3 is 0 Å². The Hall–Kier alpha value is -0.940. The fourth-order valence-electron chi connectivity index (χ4n) is 2.97. The van der Waals surface area contributed by atoms with Crippen LogP contribution < -0.4 is 5.73 Å². The molecule has 0 aromatic heterocycles. The van der Waals surface area contributed by atoms with Crippen molar-refractivity contribution in [2.45, 2.75) is 19.1 Å². The molecule has 1 saturated heterocycles. The fraction of sp³-hybridized carbons (Fsp3) is 0.625. The van der Waals surface area contributed by atoms with Crippen LogP contribution in [0.2, 0.25) is 0 Å². The van der Waals surface area contributed by atoms with E-state index in [0.717, 1.165) is 23.6 Å². The van der Waals surface area contributed by atoms with Crippen molar-refractivity contribution >= 4 is 0 Å². The highest BCUT2D eigenvalue weighted by atomic mass is 16.3. The minimum absolute atomic E-state index is 0.425. The molecule has 1 aromatic carbocycles. The average molecular weight is 277 g/mol. The predicted molar refractivity (Wildman–Crippen MR) is 82.4 cm³/mol. The molecule has 1 aromatic rings. The van der Waals surface area contributed by atoms with Gasteiger partial charge in [-0.15, -0.1) is 0 Å². The van der Waals surface area contributed by atoms with Gasteiger partial charge in [-0.25, -0.2) is 0 Å². The third kappa shape index (κ3) is 4.28. The van der Waals surface area contributed by atoms with Crippen molar-refractivity contribution in [1.82, 2.24) is 9.80 Å². The van der Waals surface area contributed by atoms with Crippen LogP contribution >= 0.6 is 0 Å². The Balaban J connectivity index is 1.81. The fourth-order valence-corrected chi connectivity index (χ4v) is 2.97. The average Bonchev–Trinajstić information content (AvgIpc) is 2.84. The molecule has 20 heavy (non-hydrogen) atoms. The van der Waals surface area contributed by atoms with Crippen molar-refractivity contribution in [3.05, 3.63) is 35.4 Å². The first kappa shape index (κ1) is 15.4. The van der Waals surface area contributed by atoms with Crippen LogP contribution in [-0.4, -0.2) is 55.2 Å². The zero-order valence-corrected chi connectivity index (χ0v) is 12.6. The van der Waals surface area contributed by atoms with Crippen molar-refractivity contribution in [2.75, 3.05) is 40.3 Å². The number of likely N-dealkylation sites (N-methyl/N-ethyl adjacent to an activating group) is 1. The lowest BCUT2D eigenvalue weighted by Crippen LogP contribution is -2.31. The number of nitrogens with two attached hydrogens (primary N) is 1. The standard InChI is InChI=1S/C16H27N3O/c1-18-8-7-14(10-18)11-19(2)12-16(20)15-5-3-13(9-17)4-6-15/h3-6,14,16,20H,7-12,17H2,1-2H3. The number of likely N-dealkylation sites (tertiary alicyclic amines) is 1. The van der Waals surface area contributed by atoms with Gasteiger partial charge < -0.3 is 20.6 Å². The van der Waals surface area contributed by atoms with E-state index in [4.69, 9.17) is 5.73 Å². The first-order valence-electron chi connectivity index (χ1n) is 7.42. The molecule has 0 bridgehead atoms. The van der Waals surface area contributed by atoms with Crippen molar-refractivity contribution in [2.24, 2.45) is 11.7 Å². The van der Waals surface area contributed by atoms with Gasteiger partial charge in [0.1, 0.15) is 0 Å². The summed E-state index contributed by atoms with van der Waals surface area (Å²) in [7, 11) is 4.27. The molecule has 0 spiro atoms. The van der Waals surface area contributed by atoms with Crippen molar-refractivity contribution in [3.63, 3.8) is 0 Å². The number of hydrogen-bond acceptors (Lipinski definition) is 4. The molecule has 1 heterocycles. The summed E-state index contributed by atoms with van der Waals surface area (Å²) in [5.41, 5.74) is 7.65. The Bertz CT molecular complexity index is 407. The molecule has 112 valence electrons. The second-order valence-electron chi connectivity index (χ2n) is 6.10. The van der Waals surface area contributed by atoms with E-state index < -0.39 is 6.10 Å². The van der Waals surface area contributed by atoms with E-state index in [9.17, 15) is 5.11 Å². The van der Waals surface area contributed by atoms with Gasteiger partial charge in [0.25, 0.3) is 0 Å². The topological polar surface area (TPSA) is 52.7 Å². The van der Waals surface area contributed by atoms with Gasteiger partial charge in [0.2, 0.25) is 0 Å². The molecule has 4 heteroatoms.